The van der Waals surface area contributed by atoms with Crippen molar-refractivity contribution in [3.05, 3.63) is 74.6 Å². The van der Waals surface area contributed by atoms with E-state index < -0.39 is 11.4 Å². The van der Waals surface area contributed by atoms with Gasteiger partial charge in [0.1, 0.15) is 12.4 Å². The van der Waals surface area contributed by atoms with Gasteiger partial charge >= 0.3 is 11.4 Å². The molecule has 2 aromatic carbocycles. The maximum atomic E-state index is 11.7. The molecule has 0 spiro atoms. The molecule has 5 nitrogen and oxygen atoms in total. The van der Waals surface area contributed by atoms with Crippen LogP contribution in [0.1, 0.15) is 30.9 Å². The zero-order chi connectivity index (χ0) is 16.4. The van der Waals surface area contributed by atoms with E-state index in [2.05, 4.69) is 35.4 Å². The van der Waals surface area contributed by atoms with Crippen LogP contribution in [0.3, 0.4) is 0 Å². The molecule has 118 valence electrons. The van der Waals surface area contributed by atoms with Crippen molar-refractivity contribution in [3.63, 3.8) is 0 Å². The minimum absolute atomic E-state index is 0.289. The summed E-state index contributed by atoms with van der Waals surface area (Å²) in [4.78, 5) is 25.3. The lowest BCUT2D eigenvalue weighted by molar-refractivity contribution is 0.306. The lowest BCUT2D eigenvalue weighted by Gasteiger charge is -2.09. The second-order valence-electron chi connectivity index (χ2n) is 5.69. The van der Waals surface area contributed by atoms with Crippen LogP contribution in [0.25, 0.3) is 10.9 Å². The lowest BCUT2D eigenvalue weighted by Crippen LogP contribution is -2.14. The van der Waals surface area contributed by atoms with Gasteiger partial charge in [-0.2, -0.15) is 0 Å². The molecule has 0 radical (unpaired) electrons. The van der Waals surface area contributed by atoms with Crippen LogP contribution in [0.15, 0.2) is 56.5 Å². The van der Waals surface area contributed by atoms with Crippen molar-refractivity contribution in [1.29, 1.82) is 0 Å². The average Bonchev–Trinajstić information content (AvgIpc) is 2.53. The van der Waals surface area contributed by atoms with Crippen LogP contribution in [0, 0.1) is 0 Å². The van der Waals surface area contributed by atoms with Crippen molar-refractivity contribution in [1.82, 2.24) is 4.98 Å². The summed E-state index contributed by atoms with van der Waals surface area (Å²) in [6, 6.07) is 13.1. The number of fused-ring (bicyclic) bond motifs is 1. The lowest BCUT2D eigenvalue weighted by atomic mass is 10.0. The van der Waals surface area contributed by atoms with Crippen LogP contribution >= 0.6 is 0 Å². The summed E-state index contributed by atoms with van der Waals surface area (Å²) in [5, 5.41) is 0.289. The normalized spacial score (nSPS) is 11.1. The molecule has 0 aliphatic heterocycles. The van der Waals surface area contributed by atoms with E-state index in [9.17, 15) is 9.59 Å². The van der Waals surface area contributed by atoms with Crippen LogP contribution in [-0.2, 0) is 6.61 Å². The standard InChI is InChI=1S/C18H17NO4/c1-11(2)13-5-3-12(4-6-13)10-22-14-7-8-16-15(9-14)17(20)23-18(21)19-16/h3-9,11H,10H2,1-2H3,(H,19,21). The molecule has 0 saturated carbocycles. The van der Waals surface area contributed by atoms with E-state index in [0.717, 1.165) is 5.56 Å². The van der Waals surface area contributed by atoms with Crippen LogP contribution in [-0.4, -0.2) is 4.98 Å². The summed E-state index contributed by atoms with van der Waals surface area (Å²) in [6.45, 7) is 4.70. The van der Waals surface area contributed by atoms with Gasteiger partial charge in [0.05, 0.1) is 10.9 Å². The molecule has 3 aromatic rings. The van der Waals surface area contributed by atoms with Gasteiger partial charge in [0.15, 0.2) is 0 Å². The number of H-pyrrole nitrogens is 1. The number of aromatic nitrogens is 1. The number of aromatic amines is 1. The third kappa shape index (κ3) is 3.34. The molecule has 3 rings (SSSR count). The first kappa shape index (κ1) is 15.1. The Hall–Kier alpha value is -2.82. The Morgan fingerprint density at radius 3 is 2.52 bits per heavy atom. The van der Waals surface area contributed by atoms with Crippen LogP contribution in [0.5, 0.6) is 5.75 Å². The zero-order valence-corrected chi connectivity index (χ0v) is 13.0. The molecule has 1 heterocycles. The van der Waals surface area contributed by atoms with Crippen LogP contribution in [0.4, 0.5) is 0 Å². The largest absolute Gasteiger partial charge is 0.489 e. The van der Waals surface area contributed by atoms with Gasteiger partial charge in [0.25, 0.3) is 0 Å². The van der Waals surface area contributed by atoms with Crippen molar-refractivity contribution >= 4 is 10.9 Å². The third-order valence-corrected chi connectivity index (χ3v) is 3.68. The molecule has 0 saturated heterocycles. The number of ether oxygens (including phenoxy) is 1. The van der Waals surface area contributed by atoms with Gasteiger partial charge in [0.2, 0.25) is 0 Å². The highest BCUT2D eigenvalue weighted by molar-refractivity contribution is 5.78. The van der Waals surface area contributed by atoms with Crippen LogP contribution in [0.2, 0.25) is 0 Å². The van der Waals surface area contributed by atoms with Gasteiger partial charge < -0.3 is 9.15 Å². The summed E-state index contributed by atoms with van der Waals surface area (Å²) in [6.07, 6.45) is 0. The van der Waals surface area contributed by atoms with Gasteiger partial charge in [0, 0.05) is 0 Å². The maximum absolute atomic E-state index is 11.7. The fourth-order valence-electron chi connectivity index (χ4n) is 2.33. The minimum atomic E-state index is -0.763. The monoisotopic (exact) mass is 311 g/mol. The quantitative estimate of drug-likeness (QED) is 0.803. The fraction of sp³-hybridized carbons (Fsp3) is 0.222. The van der Waals surface area contributed by atoms with Crippen molar-refractivity contribution in [2.45, 2.75) is 26.4 Å². The van der Waals surface area contributed by atoms with Gasteiger partial charge in [-0.3, -0.25) is 4.98 Å². The summed E-state index contributed by atoms with van der Waals surface area (Å²) in [5.74, 6) is 0.276. The van der Waals surface area contributed by atoms with E-state index in [-0.39, 0.29) is 5.39 Å². The van der Waals surface area contributed by atoms with Crippen LogP contribution < -0.4 is 16.1 Å². The Bertz CT molecular complexity index is 936. The molecule has 0 aliphatic rings. The second-order valence-corrected chi connectivity index (χ2v) is 5.69. The molecular weight excluding hydrogens is 294 g/mol. The molecule has 0 bridgehead atoms. The van der Waals surface area contributed by atoms with Crippen molar-refractivity contribution in [2.24, 2.45) is 0 Å². The van der Waals surface area contributed by atoms with Crippen molar-refractivity contribution in [3.8, 4) is 5.75 Å². The summed E-state index contributed by atoms with van der Waals surface area (Å²) >= 11 is 0. The first-order chi connectivity index (χ1) is 11.0. The maximum Gasteiger partial charge on any atom is 0.419 e. The van der Waals surface area contributed by atoms with E-state index in [0.29, 0.717) is 23.8 Å². The van der Waals surface area contributed by atoms with Crippen molar-refractivity contribution < 1.29 is 9.15 Å². The van der Waals surface area contributed by atoms with Crippen molar-refractivity contribution in [2.75, 3.05) is 0 Å². The Balaban J connectivity index is 1.79. The predicted octanol–water partition coefficient (Wildman–Crippen LogP) is 3.18. The first-order valence-electron chi connectivity index (χ1n) is 7.42. The highest BCUT2D eigenvalue weighted by atomic mass is 16.5. The number of rotatable bonds is 4. The molecule has 0 aliphatic carbocycles. The van der Waals surface area contributed by atoms with E-state index >= 15 is 0 Å². The predicted molar refractivity (Wildman–Crippen MR) is 88.0 cm³/mol. The van der Waals surface area contributed by atoms with E-state index in [1.54, 1.807) is 18.2 Å². The molecule has 0 atom stereocenters. The first-order valence-corrected chi connectivity index (χ1v) is 7.42. The number of nitrogens with one attached hydrogen (secondary N) is 1. The van der Waals surface area contributed by atoms with Gasteiger partial charge in [-0.05, 0) is 35.2 Å². The zero-order valence-electron chi connectivity index (χ0n) is 13.0. The topological polar surface area (TPSA) is 72.3 Å². The van der Waals surface area contributed by atoms with Gasteiger partial charge in [-0.25, -0.2) is 9.59 Å². The Morgan fingerprint density at radius 2 is 1.83 bits per heavy atom. The molecule has 0 fully saturated rings. The molecule has 23 heavy (non-hydrogen) atoms. The highest BCUT2D eigenvalue weighted by Crippen LogP contribution is 2.19. The van der Waals surface area contributed by atoms with Gasteiger partial charge in [-0.1, -0.05) is 38.1 Å². The smallest absolute Gasteiger partial charge is 0.419 e. The summed E-state index contributed by atoms with van der Waals surface area (Å²) < 4.78 is 10.2. The number of benzene rings is 2. The SMILES string of the molecule is CC(C)c1ccc(COc2ccc3[nH]c(=O)oc(=O)c3c2)cc1. The second kappa shape index (κ2) is 6.12. The molecule has 1 aromatic heterocycles. The third-order valence-electron chi connectivity index (χ3n) is 3.68. The fourth-order valence-corrected chi connectivity index (χ4v) is 2.33. The Kier molecular flexibility index (Phi) is 4.02. The molecular formula is C18H17NO4. The summed E-state index contributed by atoms with van der Waals surface area (Å²) in [7, 11) is 0. The number of hydrogen-bond donors (Lipinski definition) is 1. The average molecular weight is 311 g/mol. The molecule has 0 unspecified atom stereocenters. The Morgan fingerprint density at radius 1 is 1.09 bits per heavy atom. The van der Waals surface area contributed by atoms with E-state index in [1.807, 2.05) is 12.1 Å². The van der Waals surface area contributed by atoms with E-state index in [4.69, 9.17) is 4.74 Å². The highest BCUT2D eigenvalue weighted by Gasteiger charge is 2.05. The Labute approximate surface area is 132 Å². The number of hydrogen-bond acceptors (Lipinski definition) is 4. The van der Waals surface area contributed by atoms with E-state index in [1.165, 1.54) is 5.56 Å². The summed E-state index contributed by atoms with van der Waals surface area (Å²) in [5.41, 5.74) is 2.08. The van der Waals surface area contributed by atoms with Gasteiger partial charge in [-0.15, -0.1) is 0 Å². The minimum Gasteiger partial charge on any atom is -0.489 e. The molecule has 5 heteroatoms. The molecule has 0 amide bonds. The molecule has 1 N–H and O–H groups in total.